The first-order chi connectivity index (χ1) is 22.1. The number of quaternary nitrogens is 1. The fraction of sp³-hybridized carbons (Fsp3) is 0.486. The van der Waals surface area contributed by atoms with Crippen LogP contribution in [0.2, 0.25) is 0 Å². The van der Waals surface area contributed by atoms with Crippen molar-refractivity contribution < 1.29 is 33.4 Å². The molecule has 2 aliphatic heterocycles. The van der Waals surface area contributed by atoms with Gasteiger partial charge in [0.05, 0.1) is 40.7 Å². The zero-order valence-electron chi connectivity index (χ0n) is 27.5. The van der Waals surface area contributed by atoms with E-state index >= 15 is 0 Å². The molecule has 2 aliphatic rings. The number of nitrogens with zero attached hydrogens (tertiary/aromatic N) is 5. The van der Waals surface area contributed by atoms with Crippen LogP contribution in [0.5, 0.6) is 17.2 Å². The highest BCUT2D eigenvalue weighted by atomic mass is 16.7. The number of anilines is 1. The third kappa shape index (κ3) is 7.76. The minimum atomic E-state index is -0.911. The molecule has 0 bridgehead atoms. The molecular formula is C35H46N5O6+. The summed E-state index contributed by atoms with van der Waals surface area (Å²) < 4.78 is 17.6. The smallest absolute Gasteiger partial charge is 0.308 e. The molecule has 3 atom stereocenters. The number of unbranched alkanes of at least 4 members (excludes halogenated alkanes) is 1. The monoisotopic (exact) mass is 632 g/mol. The number of carbonyl (C=O) groups excluding carboxylic acids is 1. The molecule has 11 heteroatoms. The number of benzene rings is 2. The van der Waals surface area contributed by atoms with Gasteiger partial charge in [0.25, 0.3) is 0 Å². The van der Waals surface area contributed by atoms with Gasteiger partial charge in [0, 0.05) is 55.1 Å². The highest BCUT2D eigenvalue weighted by Crippen LogP contribution is 2.47. The Kier molecular flexibility index (Phi) is 10.4. The molecule has 0 spiro atoms. The maximum absolute atomic E-state index is 14.2. The minimum absolute atomic E-state index is 0.0511. The van der Waals surface area contributed by atoms with Crippen LogP contribution in [-0.2, 0) is 22.6 Å². The number of hydrogen-bond acceptors (Lipinski definition) is 8. The summed E-state index contributed by atoms with van der Waals surface area (Å²) in [6, 6.07) is 13.2. The summed E-state index contributed by atoms with van der Waals surface area (Å²) in [4.78, 5) is 39.9. The summed E-state index contributed by atoms with van der Waals surface area (Å²) in [6.07, 6.45) is 6.16. The zero-order chi connectivity index (χ0) is 32.8. The van der Waals surface area contributed by atoms with Crippen molar-refractivity contribution in [2.75, 3.05) is 59.6 Å². The Balaban J connectivity index is 1.47. The maximum atomic E-state index is 14.2. The number of aryl methyl sites for hydroxylation is 1. The van der Waals surface area contributed by atoms with Gasteiger partial charge in [-0.1, -0.05) is 25.5 Å². The summed E-state index contributed by atoms with van der Waals surface area (Å²) >= 11 is 0. The average molecular weight is 633 g/mol. The van der Waals surface area contributed by atoms with Gasteiger partial charge in [-0.25, -0.2) is 9.97 Å². The number of aromatic nitrogens is 2. The second-order valence-electron chi connectivity index (χ2n) is 13.1. The Morgan fingerprint density at radius 1 is 1.11 bits per heavy atom. The van der Waals surface area contributed by atoms with Crippen LogP contribution < -0.4 is 19.1 Å². The third-order valence-corrected chi connectivity index (χ3v) is 8.68. The van der Waals surface area contributed by atoms with Crippen molar-refractivity contribution in [3.8, 4) is 17.2 Å². The second-order valence-corrected chi connectivity index (χ2v) is 13.1. The van der Waals surface area contributed by atoms with E-state index in [1.54, 1.807) is 25.6 Å². The van der Waals surface area contributed by atoms with Crippen LogP contribution in [0.1, 0.15) is 49.1 Å². The number of carbonyl (C=O) groups is 2. The topological polar surface area (TPSA) is 114 Å². The zero-order valence-corrected chi connectivity index (χ0v) is 27.5. The van der Waals surface area contributed by atoms with Crippen molar-refractivity contribution in [3.63, 3.8) is 0 Å². The lowest BCUT2D eigenvalue weighted by atomic mass is 9.83. The molecule has 46 heavy (non-hydrogen) atoms. The number of likely N-dealkylation sites (tertiary alicyclic amines) is 1. The number of aliphatic carboxylic acids is 1. The second kappa shape index (κ2) is 14.5. The summed E-state index contributed by atoms with van der Waals surface area (Å²) in [5.74, 6) is 0.0334. The maximum Gasteiger partial charge on any atom is 0.308 e. The number of hydrogen-bond donors (Lipinski definition) is 1. The largest absolute Gasteiger partial charge is 0.493 e. The van der Waals surface area contributed by atoms with Crippen molar-refractivity contribution in [1.82, 2.24) is 14.9 Å². The molecule has 1 saturated heterocycles. The molecular weight excluding hydrogens is 586 g/mol. The molecule has 1 aromatic heterocycles. The Hall–Kier alpha value is -4.22. The van der Waals surface area contributed by atoms with Crippen molar-refractivity contribution in [2.24, 2.45) is 5.92 Å². The quantitative estimate of drug-likeness (QED) is 0.259. The average Bonchev–Trinajstić information content (AvgIpc) is 3.64. The molecule has 0 unspecified atom stereocenters. The van der Waals surface area contributed by atoms with Crippen LogP contribution in [-0.4, -0.2) is 97.1 Å². The first-order valence-electron chi connectivity index (χ1n) is 16.0. The highest BCUT2D eigenvalue weighted by molar-refractivity contribution is 5.95. The van der Waals surface area contributed by atoms with E-state index in [0.29, 0.717) is 49.0 Å². The fourth-order valence-corrected chi connectivity index (χ4v) is 6.63. The van der Waals surface area contributed by atoms with E-state index in [1.165, 1.54) is 0 Å². The Morgan fingerprint density at radius 2 is 1.89 bits per heavy atom. The van der Waals surface area contributed by atoms with Crippen molar-refractivity contribution in [3.05, 3.63) is 71.8 Å². The van der Waals surface area contributed by atoms with E-state index < -0.39 is 23.8 Å². The normalized spacial score (nSPS) is 19.3. The fourth-order valence-electron chi connectivity index (χ4n) is 6.63. The number of amides is 1. The molecule has 0 radical (unpaired) electrons. The van der Waals surface area contributed by atoms with E-state index in [1.807, 2.05) is 34.1 Å². The van der Waals surface area contributed by atoms with Gasteiger partial charge in [-0.15, -0.1) is 0 Å². The van der Waals surface area contributed by atoms with Crippen molar-refractivity contribution in [1.29, 1.82) is 0 Å². The summed E-state index contributed by atoms with van der Waals surface area (Å²) in [5, 5.41) is 10.7. The van der Waals surface area contributed by atoms with Crippen molar-refractivity contribution in [2.45, 2.75) is 51.1 Å². The van der Waals surface area contributed by atoms with Crippen LogP contribution >= 0.6 is 0 Å². The van der Waals surface area contributed by atoms with Gasteiger partial charge >= 0.3 is 5.97 Å². The number of methoxy groups -OCH3 is 1. The molecule has 0 aliphatic carbocycles. The van der Waals surface area contributed by atoms with E-state index in [9.17, 15) is 14.7 Å². The highest BCUT2D eigenvalue weighted by Gasteiger charge is 2.47. The van der Waals surface area contributed by atoms with Crippen molar-refractivity contribution >= 4 is 17.6 Å². The van der Waals surface area contributed by atoms with Gasteiger partial charge in [-0.3, -0.25) is 14.5 Å². The predicted octanol–water partition coefficient (Wildman–Crippen LogP) is 4.35. The molecule has 11 nitrogen and oxygen atoms in total. The lowest BCUT2D eigenvalue weighted by molar-refractivity contribution is -0.884. The number of fused-ring (bicyclic) bond motifs is 1. The number of carboxylic acids is 1. The van der Waals surface area contributed by atoms with Gasteiger partial charge in [0.1, 0.15) is 12.4 Å². The predicted molar refractivity (Wildman–Crippen MR) is 174 cm³/mol. The molecule has 1 N–H and O–H groups in total. The molecule has 3 aromatic rings. The number of rotatable bonds is 14. The molecule has 3 heterocycles. The van der Waals surface area contributed by atoms with Crippen LogP contribution in [0.4, 0.5) is 5.69 Å². The van der Waals surface area contributed by atoms with Gasteiger partial charge in [-0.05, 0) is 48.7 Å². The molecule has 5 rings (SSSR count). The Labute approximate surface area is 271 Å². The van der Waals surface area contributed by atoms with Crippen LogP contribution in [0.25, 0.3) is 0 Å². The molecule has 246 valence electrons. The SMILES string of the molecule is CCCCN(C(=O)CN1C[C@H](c2cc(OC)c3c(c2)OCO3)[C@@H](C(=O)O)[C@@H]1CCc1ncccn1)c1cccc(C[N+](C)(C)C)c1. The summed E-state index contributed by atoms with van der Waals surface area (Å²) in [6.45, 7) is 4.08. The van der Waals surface area contributed by atoms with Gasteiger partial charge in [0.15, 0.2) is 11.5 Å². The van der Waals surface area contributed by atoms with E-state index in [-0.39, 0.29) is 19.2 Å². The Bertz CT molecular complexity index is 1510. The molecule has 1 fully saturated rings. The number of carboxylic acid groups (broad SMARTS) is 1. The molecule has 1 amide bonds. The van der Waals surface area contributed by atoms with E-state index in [0.717, 1.165) is 40.7 Å². The first-order valence-corrected chi connectivity index (χ1v) is 16.0. The number of ether oxygens (including phenoxy) is 3. The van der Waals surface area contributed by atoms with Crippen LogP contribution in [0.3, 0.4) is 0 Å². The standard InChI is InChI=1S/C35H45N5O6/c1-6-7-16-39(26-11-8-10-24(17-26)22-40(2,3)4)32(41)21-38-20-27(25-18-29(44-5)34-30(19-25)45-23-46-34)33(35(42)43)28(38)12-13-31-36-14-9-15-37-31/h8-11,14-15,17-19,27-28,33H,6-7,12-13,16,20-23H2,1-5H3/p+1/t27-,28+,33-/m1/s1. The molecule has 2 aromatic carbocycles. The molecule has 0 saturated carbocycles. The minimum Gasteiger partial charge on any atom is -0.493 e. The van der Waals surface area contributed by atoms with E-state index in [2.05, 4.69) is 50.2 Å². The van der Waals surface area contributed by atoms with Gasteiger partial charge in [-0.2, -0.15) is 0 Å². The van der Waals surface area contributed by atoms with Crippen LogP contribution in [0, 0.1) is 5.92 Å². The van der Waals surface area contributed by atoms with Gasteiger partial charge in [0.2, 0.25) is 18.4 Å². The lowest BCUT2D eigenvalue weighted by Crippen LogP contribution is -2.44. The van der Waals surface area contributed by atoms with E-state index in [4.69, 9.17) is 14.2 Å². The first kappa shape index (κ1) is 33.2. The Morgan fingerprint density at radius 3 is 2.59 bits per heavy atom. The summed E-state index contributed by atoms with van der Waals surface area (Å²) in [5.41, 5.74) is 2.80. The lowest BCUT2D eigenvalue weighted by Gasteiger charge is -2.30. The third-order valence-electron chi connectivity index (χ3n) is 8.68. The van der Waals surface area contributed by atoms with Gasteiger partial charge < -0.3 is 28.7 Å². The summed E-state index contributed by atoms with van der Waals surface area (Å²) in [7, 11) is 7.99. The van der Waals surface area contributed by atoms with Crippen LogP contribution in [0.15, 0.2) is 54.9 Å².